The lowest BCUT2D eigenvalue weighted by molar-refractivity contribution is 0.862. The van der Waals surface area contributed by atoms with Crippen molar-refractivity contribution in [2.75, 3.05) is 11.1 Å². The molecule has 0 spiro atoms. The van der Waals surface area contributed by atoms with Gasteiger partial charge >= 0.3 is 0 Å². The molecule has 88 valence electrons. The minimum absolute atomic E-state index is 0.0571. The van der Waals surface area contributed by atoms with Crippen molar-refractivity contribution in [3.63, 3.8) is 0 Å². The highest BCUT2D eigenvalue weighted by Gasteiger charge is 2.09. The lowest BCUT2D eigenvalue weighted by Crippen LogP contribution is -2.09. The fraction of sp³-hybridized carbons (Fsp3) is 0.167. The van der Waals surface area contributed by atoms with Crippen LogP contribution in [0.25, 0.3) is 0 Å². The molecule has 1 heterocycles. The van der Waals surface area contributed by atoms with Crippen molar-refractivity contribution in [3.05, 3.63) is 47.0 Å². The fourth-order valence-corrected chi connectivity index (χ4v) is 1.84. The second-order valence-corrected chi connectivity index (χ2v) is 4.14. The summed E-state index contributed by atoms with van der Waals surface area (Å²) in [6, 6.07) is 11.2. The molecule has 1 atom stereocenters. The van der Waals surface area contributed by atoms with Gasteiger partial charge in [0, 0.05) is 5.02 Å². The van der Waals surface area contributed by atoms with Crippen molar-refractivity contribution in [2.24, 2.45) is 0 Å². The van der Waals surface area contributed by atoms with Crippen LogP contribution in [0.1, 0.15) is 18.5 Å². The van der Waals surface area contributed by atoms with Crippen LogP contribution in [0.4, 0.5) is 11.6 Å². The van der Waals surface area contributed by atoms with E-state index in [2.05, 4.69) is 15.5 Å². The standard InChI is InChI=1S/C12H13ClN4/c1-8(9-4-2-3-5-10(9)13)15-12-7-6-11(14)16-17-12/h2-8H,1H3,(H2,14,16)(H,15,17). The van der Waals surface area contributed by atoms with Crippen LogP contribution in [0.5, 0.6) is 0 Å². The van der Waals surface area contributed by atoms with E-state index in [1.807, 2.05) is 31.2 Å². The van der Waals surface area contributed by atoms with Crippen molar-refractivity contribution >= 4 is 23.2 Å². The third-order valence-corrected chi connectivity index (χ3v) is 2.77. The van der Waals surface area contributed by atoms with E-state index in [1.165, 1.54) is 0 Å². The summed E-state index contributed by atoms with van der Waals surface area (Å²) in [5.41, 5.74) is 6.49. The number of rotatable bonds is 3. The summed E-state index contributed by atoms with van der Waals surface area (Å²) in [5, 5.41) is 11.7. The zero-order valence-corrected chi connectivity index (χ0v) is 10.1. The summed E-state index contributed by atoms with van der Waals surface area (Å²) < 4.78 is 0. The van der Waals surface area contributed by atoms with Gasteiger partial charge < -0.3 is 11.1 Å². The van der Waals surface area contributed by atoms with Crippen molar-refractivity contribution < 1.29 is 0 Å². The van der Waals surface area contributed by atoms with Gasteiger partial charge in [-0.2, -0.15) is 0 Å². The maximum Gasteiger partial charge on any atom is 0.149 e. The van der Waals surface area contributed by atoms with Crippen LogP contribution in [0.2, 0.25) is 5.02 Å². The topological polar surface area (TPSA) is 63.8 Å². The Bertz CT molecular complexity index is 498. The monoisotopic (exact) mass is 248 g/mol. The Morgan fingerprint density at radius 2 is 1.94 bits per heavy atom. The normalized spacial score (nSPS) is 12.1. The number of anilines is 2. The first-order valence-electron chi connectivity index (χ1n) is 5.27. The number of nitrogens with one attached hydrogen (secondary N) is 1. The summed E-state index contributed by atoms with van der Waals surface area (Å²) in [4.78, 5) is 0. The van der Waals surface area contributed by atoms with E-state index in [1.54, 1.807) is 12.1 Å². The van der Waals surface area contributed by atoms with Crippen LogP contribution in [0, 0.1) is 0 Å². The van der Waals surface area contributed by atoms with E-state index >= 15 is 0 Å². The number of halogens is 1. The number of hydrogen-bond donors (Lipinski definition) is 2. The summed E-state index contributed by atoms with van der Waals surface area (Å²) in [6.07, 6.45) is 0. The molecule has 3 N–H and O–H groups in total. The van der Waals surface area contributed by atoms with Gasteiger partial charge in [0.2, 0.25) is 0 Å². The highest BCUT2D eigenvalue weighted by molar-refractivity contribution is 6.31. The fourth-order valence-electron chi connectivity index (χ4n) is 1.55. The summed E-state index contributed by atoms with van der Waals surface area (Å²) in [5.74, 6) is 1.08. The number of nitrogens with two attached hydrogens (primary N) is 1. The Kier molecular flexibility index (Phi) is 3.44. The number of nitrogens with zero attached hydrogens (tertiary/aromatic N) is 2. The van der Waals surface area contributed by atoms with Gasteiger partial charge in [0.1, 0.15) is 11.6 Å². The van der Waals surface area contributed by atoms with Gasteiger partial charge in [0.05, 0.1) is 6.04 Å². The van der Waals surface area contributed by atoms with Crippen LogP contribution in [0.3, 0.4) is 0 Å². The molecule has 0 radical (unpaired) electrons. The number of benzene rings is 1. The molecule has 17 heavy (non-hydrogen) atoms. The van der Waals surface area contributed by atoms with Gasteiger partial charge in [-0.25, -0.2) is 0 Å². The van der Waals surface area contributed by atoms with E-state index in [-0.39, 0.29) is 6.04 Å². The Balaban J connectivity index is 2.14. The molecule has 5 heteroatoms. The van der Waals surface area contributed by atoms with E-state index in [0.29, 0.717) is 11.6 Å². The van der Waals surface area contributed by atoms with Crippen LogP contribution in [-0.4, -0.2) is 10.2 Å². The zero-order valence-electron chi connectivity index (χ0n) is 9.39. The van der Waals surface area contributed by atoms with Gasteiger partial charge in [-0.3, -0.25) is 0 Å². The lowest BCUT2D eigenvalue weighted by atomic mass is 10.1. The van der Waals surface area contributed by atoms with Crippen LogP contribution in [-0.2, 0) is 0 Å². The van der Waals surface area contributed by atoms with Gasteiger partial charge in [-0.15, -0.1) is 10.2 Å². The Hall–Kier alpha value is -1.81. The Morgan fingerprint density at radius 3 is 2.59 bits per heavy atom. The lowest BCUT2D eigenvalue weighted by Gasteiger charge is -2.15. The average Bonchev–Trinajstić information content (AvgIpc) is 2.32. The van der Waals surface area contributed by atoms with Crippen molar-refractivity contribution in [1.29, 1.82) is 0 Å². The molecule has 0 aliphatic carbocycles. The molecule has 1 aromatic heterocycles. The van der Waals surface area contributed by atoms with Crippen LogP contribution in [0.15, 0.2) is 36.4 Å². The van der Waals surface area contributed by atoms with Crippen LogP contribution >= 0.6 is 11.6 Å². The molecular weight excluding hydrogens is 236 g/mol. The molecule has 0 amide bonds. The second-order valence-electron chi connectivity index (χ2n) is 3.73. The predicted molar refractivity (Wildman–Crippen MR) is 69.9 cm³/mol. The molecule has 4 nitrogen and oxygen atoms in total. The SMILES string of the molecule is CC(Nc1ccc(N)nn1)c1ccccc1Cl. The number of aromatic nitrogens is 2. The molecule has 0 aliphatic heterocycles. The first kappa shape index (κ1) is 11.7. The number of nitrogen functional groups attached to an aromatic ring is 1. The van der Waals surface area contributed by atoms with Crippen LogP contribution < -0.4 is 11.1 Å². The van der Waals surface area contributed by atoms with E-state index in [0.717, 1.165) is 10.6 Å². The van der Waals surface area contributed by atoms with E-state index in [4.69, 9.17) is 17.3 Å². The number of hydrogen-bond acceptors (Lipinski definition) is 4. The molecule has 0 fully saturated rings. The molecule has 2 aromatic rings. The van der Waals surface area contributed by atoms with Crippen molar-refractivity contribution in [3.8, 4) is 0 Å². The zero-order chi connectivity index (χ0) is 12.3. The second kappa shape index (κ2) is 5.01. The molecule has 0 aliphatic rings. The molecule has 1 unspecified atom stereocenters. The highest BCUT2D eigenvalue weighted by Crippen LogP contribution is 2.24. The predicted octanol–water partition coefficient (Wildman–Crippen LogP) is 2.89. The molecule has 0 saturated heterocycles. The smallest absolute Gasteiger partial charge is 0.149 e. The molecule has 2 rings (SSSR count). The van der Waals surface area contributed by atoms with Gasteiger partial charge in [0.15, 0.2) is 0 Å². The first-order valence-corrected chi connectivity index (χ1v) is 5.65. The average molecular weight is 249 g/mol. The largest absolute Gasteiger partial charge is 0.382 e. The summed E-state index contributed by atoms with van der Waals surface area (Å²) in [6.45, 7) is 2.01. The van der Waals surface area contributed by atoms with E-state index in [9.17, 15) is 0 Å². The highest BCUT2D eigenvalue weighted by atomic mass is 35.5. The van der Waals surface area contributed by atoms with Crippen molar-refractivity contribution in [1.82, 2.24) is 10.2 Å². The van der Waals surface area contributed by atoms with E-state index < -0.39 is 0 Å². The minimum atomic E-state index is 0.0571. The van der Waals surface area contributed by atoms with Gasteiger partial charge in [-0.05, 0) is 30.7 Å². The molecule has 0 bridgehead atoms. The van der Waals surface area contributed by atoms with Gasteiger partial charge in [0.25, 0.3) is 0 Å². The molecule has 0 saturated carbocycles. The maximum absolute atomic E-state index is 6.11. The third kappa shape index (κ3) is 2.85. The first-order chi connectivity index (χ1) is 8.16. The summed E-state index contributed by atoms with van der Waals surface area (Å²) >= 11 is 6.11. The third-order valence-electron chi connectivity index (χ3n) is 2.42. The van der Waals surface area contributed by atoms with Crippen molar-refractivity contribution in [2.45, 2.75) is 13.0 Å². The summed E-state index contributed by atoms with van der Waals surface area (Å²) in [7, 11) is 0. The Morgan fingerprint density at radius 1 is 1.18 bits per heavy atom. The quantitative estimate of drug-likeness (QED) is 0.877. The minimum Gasteiger partial charge on any atom is -0.382 e. The molecule has 1 aromatic carbocycles. The molecular formula is C12H13ClN4. The Labute approximate surface area is 105 Å². The maximum atomic E-state index is 6.11. The van der Waals surface area contributed by atoms with Gasteiger partial charge in [-0.1, -0.05) is 29.8 Å².